The molecule has 7 aromatic carbocycles. The van der Waals surface area contributed by atoms with E-state index in [4.69, 9.17) is 61.6 Å². The molecule has 17 heteroatoms. The lowest BCUT2D eigenvalue weighted by Crippen LogP contribution is -2.66. The van der Waals surface area contributed by atoms with Crippen molar-refractivity contribution in [2.24, 2.45) is 0 Å². The van der Waals surface area contributed by atoms with Crippen LogP contribution in [0.15, 0.2) is 206 Å². The molecule has 0 saturated carbocycles. The molecule has 0 unspecified atom stereocenters. The van der Waals surface area contributed by atoms with Crippen LogP contribution in [0.4, 0.5) is 0 Å². The highest BCUT2D eigenvalue weighted by atomic mass is 16.8. The van der Waals surface area contributed by atoms with Gasteiger partial charge in [-0.3, -0.25) is 0 Å². The van der Waals surface area contributed by atoms with Gasteiger partial charge < -0.3 is 82.0 Å². The minimum absolute atomic E-state index is 0.0186. The van der Waals surface area contributed by atoms with Crippen LogP contribution in [0.25, 0.3) is 0 Å². The molecule has 3 aliphatic rings. The number of aliphatic hydroxyl groups excluding tert-OH is 4. The Morgan fingerprint density at radius 3 is 1.15 bits per heavy atom. The van der Waals surface area contributed by atoms with E-state index in [2.05, 4.69) is 0 Å². The Hall–Kier alpha value is -6.46. The molecule has 0 bridgehead atoms. The summed E-state index contributed by atoms with van der Waals surface area (Å²) >= 11 is 0. The zero-order valence-electron chi connectivity index (χ0n) is 46.8. The van der Waals surface area contributed by atoms with Crippen LogP contribution in [-0.4, -0.2) is 139 Å². The number of benzene rings is 7. The van der Waals surface area contributed by atoms with Crippen molar-refractivity contribution in [1.29, 1.82) is 0 Å². The average Bonchev–Trinajstić information content (AvgIpc) is 2.13. The van der Waals surface area contributed by atoms with Crippen LogP contribution in [0.1, 0.15) is 33.4 Å². The fourth-order valence-electron chi connectivity index (χ4n) is 10.3. The van der Waals surface area contributed by atoms with Gasteiger partial charge in [0.2, 0.25) is 6.29 Å². The predicted molar refractivity (Wildman–Crippen MR) is 307 cm³/mol. The van der Waals surface area contributed by atoms with E-state index in [-0.39, 0.29) is 52.9 Å². The standard InChI is InChI=1S/C67H74O17/c1-72-51-32-34-52(35-33-51)80-67-64(78-41-50-30-18-7-19-31-50)63(77-40-49-28-16-6-17-29-49)61(55(83-67)43-74-37-46-22-10-3-11-23-46)84-66-58(70)57(69)56(68)53(81-66)44-79-65-59(71)62(76-39-48-26-14-5-15-27-48)60(75-38-47-24-12-4-13-25-47)54(82-65)42-73-36-45-20-8-2-9-21-45/h2-35,53-71H,36-44H2,1H3/t53-,54-,55-,56+,57+,58-,59-,60+,61-,62-,63+,64-,65-,66+,67-/m1/s1. The topological polar surface area (TPSA) is 201 Å². The third-order valence-electron chi connectivity index (χ3n) is 14.8. The summed E-state index contributed by atoms with van der Waals surface area (Å²) in [6, 6.07) is 64.8. The lowest BCUT2D eigenvalue weighted by atomic mass is 9.96. The molecule has 3 aliphatic heterocycles. The van der Waals surface area contributed by atoms with Crippen molar-refractivity contribution in [3.8, 4) is 11.5 Å². The lowest BCUT2D eigenvalue weighted by Gasteiger charge is -2.48. The molecule has 7 aromatic rings. The van der Waals surface area contributed by atoms with Crippen molar-refractivity contribution < 1.29 is 82.0 Å². The summed E-state index contributed by atoms with van der Waals surface area (Å²) in [5.41, 5.74) is 5.32. The van der Waals surface area contributed by atoms with E-state index in [1.54, 1.807) is 31.4 Å². The summed E-state index contributed by atoms with van der Waals surface area (Å²) in [4.78, 5) is 0. The van der Waals surface area contributed by atoms with Crippen molar-refractivity contribution in [2.75, 3.05) is 26.9 Å². The SMILES string of the molecule is COc1ccc(O[C@@H]2O[C@H](COCc3ccccc3)[C@@H](O[C@@H]3O[C@H](CO[C@@H]4O[C@H](COCc5ccccc5)[C@H](OCc5ccccc5)[C@H](OCc5ccccc5)[C@H]4O)[C@H](O)[C@H](O)[C@H]3O)[C@H](OCc3ccccc3)[C@H]2OCc2ccccc2)cc1. The van der Waals surface area contributed by atoms with Crippen LogP contribution >= 0.6 is 0 Å². The van der Waals surface area contributed by atoms with Gasteiger partial charge in [-0.25, -0.2) is 0 Å². The molecule has 0 radical (unpaired) electrons. The molecule has 444 valence electrons. The molecule has 0 aliphatic carbocycles. The number of hydrogen-bond donors (Lipinski definition) is 4. The number of hydrogen-bond acceptors (Lipinski definition) is 17. The van der Waals surface area contributed by atoms with Crippen molar-refractivity contribution in [3.63, 3.8) is 0 Å². The van der Waals surface area contributed by atoms with E-state index in [9.17, 15) is 20.4 Å². The summed E-state index contributed by atoms with van der Waals surface area (Å²) in [5, 5.41) is 47.6. The number of methoxy groups -OCH3 is 1. The largest absolute Gasteiger partial charge is 0.497 e. The normalized spacial score (nSPS) is 27.9. The number of rotatable bonds is 28. The molecule has 17 nitrogen and oxygen atoms in total. The van der Waals surface area contributed by atoms with Gasteiger partial charge in [0, 0.05) is 0 Å². The summed E-state index contributed by atoms with van der Waals surface area (Å²) in [7, 11) is 1.58. The minimum Gasteiger partial charge on any atom is -0.497 e. The molecule has 84 heavy (non-hydrogen) atoms. The molecule has 3 heterocycles. The lowest BCUT2D eigenvalue weighted by molar-refractivity contribution is -0.368. The van der Waals surface area contributed by atoms with Crippen molar-refractivity contribution in [2.45, 2.75) is 132 Å². The van der Waals surface area contributed by atoms with Gasteiger partial charge in [0.05, 0.1) is 66.6 Å². The molecular weight excluding hydrogens is 1080 g/mol. The van der Waals surface area contributed by atoms with Crippen LogP contribution < -0.4 is 9.47 Å². The van der Waals surface area contributed by atoms with Crippen molar-refractivity contribution in [1.82, 2.24) is 0 Å². The summed E-state index contributed by atoms with van der Waals surface area (Å²) in [5.74, 6) is 1.08. The Labute approximate surface area is 490 Å². The smallest absolute Gasteiger partial charge is 0.229 e. The second kappa shape index (κ2) is 31.1. The Bertz CT molecular complexity index is 2940. The Morgan fingerprint density at radius 1 is 0.310 bits per heavy atom. The second-order valence-corrected chi connectivity index (χ2v) is 20.9. The van der Waals surface area contributed by atoms with E-state index in [0.717, 1.165) is 33.4 Å². The van der Waals surface area contributed by atoms with Gasteiger partial charge in [0.25, 0.3) is 0 Å². The first-order chi connectivity index (χ1) is 41.3. The summed E-state index contributed by atoms with van der Waals surface area (Å²) in [6.07, 6.45) is -19.3. The van der Waals surface area contributed by atoms with E-state index >= 15 is 0 Å². The first-order valence-corrected chi connectivity index (χ1v) is 28.4. The second-order valence-electron chi connectivity index (χ2n) is 20.9. The van der Waals surface area contributed by atoms with E-state index in [1.807, 2.05) is 182 Å². The van der Waals surface area contributed by atoms with Crippen molar-refractivity contribution >= 4 is 0 Å². The zero-order chi connectivity index (χ0) is 57.9. The van der Waals surface area contributed by atoms with Gasteiger partial charge in [0.1, 0.15) is 84.7 Å². The van der Waals surface area contributed by atoms with Gasteiger partial charge in [-0.05, 0) is 57.6 Å². The molecule has 0 spiro atoms. The monoisotopic (exact) mass is 1150 g/mol. The molecule has 10 rings (SSSR count). The van der Waals surface area contributed by atoms with Crippen LogP contribution in [0.3, 0.4) is 0 Å². The molecule has 3 fully saturated rings. The van der Waals surface area contributed by atoms with E-state index < -0.39 is 98.7 Å². The number of aliphatic hydroxyl groups is 4. The third kappa shape index (κ3) is 16.7. The Kier molecular flexibility index (Phi) is 22.4. The van der Waals surface area contributed by atoms with Gasteiger partial charge in [-0.15, -0.1) is 0 Å². The maximum Gasteiger partial charge on any atom is 0.229 e. The Morgan fingerprint density at radius 2 is 0.690 bits per heavy atom. The highest BCUT2D eigenvalue weighted by molar-refractivity contribution is 5.31. The summed E-state index contributed by atoms with van der Waals surface area (Å²) in [6.45, 7) is 0.455. The molecule has 15 atom stereocenters. The van der Waals surface area contributed by atoms with Crippen LogP contribution in [0, 0.1) is 0 Å². The van der Waals surface area contributed by atoms with Gasteiger partial charge in [0.15, 0.2) is 12.6 Å². The highest BCUT2D eigenvalue weighted by Gasteiger charge is 2.54. The zero-order valence-corrected chi connectivity index (χ0v) is 46.8. The molecular formula is C67H74O17. The maximum absolute atomic E-state index is 12.3. The fourth-order valence-corrected chi connectivity index (χ4v) is 10.3. The maximum atomic E-state index is 12.3. The third-order valence-corrected chi connectivity index (χ3v) is 14.8. The first kappa shape index (κ1) is 60.7. The van der Waals surface area contributed by atoms with E-state index in [0.29, 0.717) is 11.5 Å². The van der Waals surface area contributed by atoms with Crippen molar-refractivity contribution in [3.05, 3.63) is 240 Å². The predicted octanol–water partition coefficient (Wildman–Crippen LogP) is 7.87. The molecule has 4 N–H and O–H groups in total. The van der Waals surface area contributed by atoms with Crippen LogP contribution in [-0.2, 0) is 91.7 Å². The van der Waals surface area contributed by atoms with Crippen LogP contribution in [0.5, 0.6) is 11.5 Å². The molecule has 0 aromatic heterocycles. The Balaban J connectivity index is 0.927. The highest BCUT2D eigenvalue weighted by Crippen LogP contribution is 2.36. The van der Waals surface area contributed by atoms with Gasteiger partial charge in [-0.2, -0.15) is 0 Å². The minimum atomic E-state index is -1.82. The van der Waals surface area contributed by atoms with Gasteiger partial charge >= 0.3 is 0 Å². The average molecular weight is 1150 g/mol. The number of ether oxygens (including phenoxy) is 13. The molecule has 3 saturated heterocycles. The fraction of sp³-hybridized carbons (Fsp3) is 0.373. The quantitative estimate of drug-likeness (QED) is 0.0369. The van der Waals surface area contributed by atoms with Crippen LogP contribution in [0.2, 0.25) is 0 Å². The first-order valence-electron chi connectivity index (χ1n) is 28.4. The summed E-state index contributed by atoms with van der Waals surface area (Å²) < 4.78 is 84.8. The van der Waals surface area contributed by atoms with E-state index in [1.165, 1.54) is 0 Å². The molecule has 0 amide bonds. The van der Waals surface area contributed by atoms with Gasteiger partial charge in [-0.1, -0.05) is 182 Å².